The van der Waals surface area contributed by atoms with E-state index in [1.165, 1.54) is 0 Å². The molecular weight excluding hydrogens is 256 g/mol. The van der Waals surface area contributed by atoms with E-state index >= 15 is 0 Å². The van der Waals surface area contributed by atoms with E-state index in [1.54, 1.807) is 6.07 Å². The fourth-order valence-corrected chi connectivity index (χ4v) is 1.66. The molecule has 112 valence electrons. The SMILES string of the molecule is CC(C(=O)OC(C)(C)C)N(C)Cc1cccc(CO)n1. The lowest BCUT2D eigenvalue weighted by Gasteiger charge is -2.27. The molecule has 0 saturated heterocycles. The molecule has 1 atom stereocenters. The Labute approximate surface area is 120 Å². The van der Waals surface area contributed by atoms with Crippen molar-refractivity contribution >= 4 is 5.97 Å². The molecule has 0 saturated carbocycles. The van der Waals surface area contributed by atoms with Gasteiger partial charge in [0.2, 0.25) is 0 Å². The Morgan fingerprint density at radius 1 is 1.40 bits per heavy atom. The molecule has 1 aromatic rings. The van der Waals surface area contributed by atoms with Crippen LogP contribution in [-0.4, -0.2) is 39.7 Å². The maximum absolute atomic E-state index is 12.0. The lowest BCUT2D eigenvalue weighted by Crippen LogP contribution is -2.40. The predicted molar refractivity (Wildman–Crippen MR) is 76.9 cm³/mol. The highest BCUT2D eigenvalue weighted by Crippen LogP contribution is 2.12. The predicted octanol–water partition coefficient (Wildman–Crippen LogP) is 1.74. The molecule has 5 nitrogen and oxygen atoms in total. The van der Waals surface area contributed by atoms with Crippen molar-refractivity contribution in [1.29, 1.82) is 0 Å². The van der Waals surface area contributed by atoms with Gasteiger partial charge in [0.1, 0.15) is 11.6 Å². The van der Waals surface area contributed by atoms with Crippen LogP contribution in [0, 0.1) is 0 Å². The van der Waals surface area contributed by atoms with Crippen LogP contribution in [0.2, 0.25) is 0 Å². The lowest BCUT2D eigenvalue weighted by atomic mass is 10.2. The summed E-state index contributed by atoms with van der Waals surface area (Å²) < 4.78 is 5.36. The third-order valence-electron chi connectivity index (χ3n) is 2.85. The molecule has 0 bridgehead atoms. The second-order valence-corrected chi connectivity index (χ2v) is 5.90. The molecule has 20 heavy (non-hydrogen) atoms. The summed E-state index contributed by atoms with van der Waals surface area (Å²) >= 11 is 0. The molecule has 1 unspecified atom stereocenters. The fourth-order valence-electron chi connectivity index (χ4n) is 1.66. The molecule has 5 heteroatoms. The summed E-state index contributed by atoms with van der Waals surface area (Å²) in [6.45, 7) is 7.80. The van der Waals surface area contributed by atoms with Gasteiger partial charge < -0.3 is 9.84 Å². The average molecular weight is 280 g/mol. The standard InChI is InChI=1S/C15H24N2O3/c1-11(14(19)20-15(2,3)4)17(5)9-12-7-6-8-13(10-18)16-12/h6-8,11,18H,9-10H2,1-5H3. The first kappa shape index (κ1) is 16.6. The van der Waals surface area contributed by atoms with E-state index in [0.29, 0.717) is 12.2 Å². The number of aliphatic hydroxyl groups excluding tert-OH is 1. The number of carbonyl (C=O) groups excluding carboxylic acids is 1. The zero-order valence-corrected chi connectivity index (χ0v) is 12.9. The number of carbonyl (C=O) groups is 1. The quantitative estimate of drug-likeness (QED) is 0.832. The lowest BCUT2D eigenvalue weighted by molar-refractivity contribution is -0.160. The monoisotopic (exact) mass is 280 g/mol. The Morgan fingerprint density at radius 2 is 2.00 bits per heavy atom. The van der Waals surface area contributed by atoms with Crippen LogP contribution in [0.25, 0.3) is 0 Å². The topological polar surface area (TPSA) is 62.7 Å². The normalized spacial score (nSPS) is 13.3. The van der Waals surface area contributed by atoms with Crippen molar-refractivity contribution in [3.8, 4) is 0 Å². The fraction of sp³-hybridized carbons (Fsp3) is 0.600. The molecule has 1 rings (SSSR count). The molecule has 0 radical (unpaired) electrons. The van der Waals surface area contributed by atoms with Crippen LogP contribution in [-0.2, 0) is 22.7 Å². The molecule has 0 fully saturated rings. The van der Waals surface area contributed by atoms with Crippen LogP contribution in [0.1, 0.15) is 39.1 Å². The van der Waals surface area contributed by atoms with Crippen LogP contribution in [0.3, 0.4) is 0 Å². The van der Waals surface area contributed by atoms with Gasteiger partial charge in [0.05, 0.1) is 18.0 Å². The van der Waals surface area contributed by atoms with Gasteiger partial charge in [-0.2, -0.15) is 0 Å². The highest BCUT2D eigenvalue weighted by molar-refractivity contribution is 5.75. The largest absolute Gasteiger partial charge is 0.459 e. The van der Waals surface area contributed by atoms with E-state index in [0.717, 1.165) is 5.69 Å². The first-order valence-corrected chi connectivity index (χ1v) is 6.71. The van der Waals surface area contributed by atoms with Crippen molar-refractivity contribution in [3.63, 3.8) is 0 Å². The van der Waals surface area contributed by atoms with Gasteiger partial charge in [0.25, 0.3) is 0 Å². The average Bonchev–Trinajstić information content (AvgIpc) is 2.36. The summed E-state index contributed by atoms with van der Waals surface area (Å²) in [5.41, 5.74) is 0.955. The number of pyridine rings is 1. The number of hydrogen-bond donors (Lipinski definition) is 1. The smallest absolute Gasteiger partial charge is 0.323 e. The number of nitrogens with zero attached hydrogens (tertiary/aromatic N) is 2. The molecule has 1 heterocycles. The van der Waals surface area contributed by atoms with E-state index in [2.05, 4.69) is 4.98 Å². The highest BCUT2D eigenvalue weighted by Gasteiger charge is 2.24. The van der Waals surface area contributed by atoms with Crippen LogP contribution >= 0.6 is 0 Å². The molecule has 1 N–H and O–H groups in total. The minimum atomic E-state index is -0.485. The van der Waals surface area contributed by atoms with E-state index in [4.69, 9.17) is 9.84 Å². The van der Waals surface area contributed by atoms with E-state index < -0.39 is 5.60 Å². The first-order valence-electron chi connectivity index (χ1n) is 6.71. The molecule has 1 aromatic heterocycles. The number of hydrogen-bond acceptors (Lipinski definition) is 5. The zero-order valence-electron chi connectivity index (χ0n) is 12.9. The Kier molecular flexibility index (Phi) is 5.65. The molecule has 0 aliphatic rings. The van der Waals surface area contributed by atoms with Gasteiger partial charge in [-0.3, -0.25) is 14.7 Å². The third-order valence-corrected chi connectivity index (χ3v) is 2.85. The number of ether oxygens (including phenoxy) is 1. The Morgan fingerprint density at radius 3 is 2.55 bits per heavy atom. The maximum Gasteiger partial charge on any atom is 0.323 e. The van der Waals surface area contributed by atoms with E-state index in [-0.39, 0.29) is 18.6 Å². The summed E-state index contributed by atoms with van der Waals surface area (Å²) in [7, 11) is 1.85. The van der Waals surface area contributed by atoms with Crippen molar-refractivity contribution in [1.82, 2.24) is 9.88 Å². The van der Waals surface area contributed by atoms with Crippen molar-refractivity contribution in [2.75, 3.05) is 7.05 Å². The molecule has 0 spiro atoms. The van der Waals surface area contributed by atoms with Gasteiger partial charge in [-0.05, 0) is 46.9 Å². The molecule has 0 aliphatic heterocycles. The molecule has 0 aliphatic carbocycles. The minimum absolute atomic E-state index is 0.0842. The number of likely N-dealkylation sites (N-methyl/N-ethyl adjacent to an activating group) is 1. The highest BCUT2D eigenvalue weighted by atomic mass is 16.6. The molecule has 0 aromatic carbocycles. The number of aliphatic hydroxyl groups is 1. The van der Waals surface area contributed by atoms with Crippen LogP contribution in [0.5, 0.6) is 0 Å². The summed E-state index contributed by atoms with van der Waals surface area (Å²) in [6, 6.07) is 5.13. The Hall–Kier alpha value is -1.46. The zero-order chi connectivity index (χ0) is 15.3. The van der Waals surface area contributed by atoms with Crippen molar-refractivity contribution in [2.24, 2.45) is 0 Å². The van der Waals surface area contributed by atoms with Crippen molar-refractivity contribution in [2.45, 2.75) is 52.5 Å². The van der Waals surface area contributed by atoms with Gasteiger partial charge in [-0.25, -0.2) is 0 Å². The number of rotatable bonds is 5. The molecular formula is C15H24N2O3. The summed E-state index contributed by atoms with van der Waals surface area (Å²) in [5.74, 6) is -0.252. The summed E-state index contributed by atoms with van der Waals surface area (Å²) in [5, 5.41) is 9.07. The molecule has 0 amide bonds. The second-order valence-electron chi connectivity index (χ2n) is 5.90. The van der Waals surface area contributed by atoms with Gasteiger partial charge in [-0.1, -0.05) is 6.07 Å². The van der Waals surface area contributed by atoms with E-state index in [9.17, 15) is 4.79 Å². The summed E-state index contributed by atoms with van der Waals surface area (Å²) in [6.07, 6.45) is 0. The van der Waals surface area contributed by atoms with Crippen molar-refractivity contribution in [3.05, 3.63) is 29.6 Å². The Bertz CT molecular complexity index is 455. The maximum atomic E-state index is 12.0. The van der Waals surface area contributed by atoms with Gasteiger partial charge in [-0.15, -0.1) is 0 Å². The minimum Gasteiger partial charge on any atom is -0.459 e. The van der Waals surface area contributed by atoms with Crippen molar-refractivity contribution < 1.29 is 14.6 Å². The van der Waals surface area contributed by atoms with Gasteiger partial charge >= 0.3 is 5.97 Å². The van der Waals surface area contributed by atoms with Crippen LogP contribution in [0.4, 0.5) is 0 Å². The van der Waals surface area contributed by atoms with Gasteiger partial charge in [0, 0.05) is 6.54 Å². The summed E-state index contributed by atoms with van der Waals surface area (Å²) in [4.78, 5) is 18.2. The third kappa shape index (κ3) is 5.27. The number of esters is 1. The second kappa shape index (κ2) is 6.81. The van der Waals surface area contributed by atoms with Crippen LogP contribution < -0.4 is 0 Å². The van der Waals surface area contributed by atoms with Crippen LogP contribution in [0.15, 0.2) is 18.2 Å². The Balaban J connectivity index is 2.65. The first-order chi connectivity index (χ1) is 9.23. The van der Waals surface area contributed by atoms with Gasteiger partial charge in [0.15, 0.2) is 0 Å². The van der Waals surface area contributed by atoms with E-state index in [1.807, 2.05) is 51.8 Å². The number of aromatic nitrogens is 1.